The van der Waals surface area contributed by atoms with Crippen molar-refractivity contribution in [3.05, 3.63) is 99.3 Å². The van der Waals surface area contributed by atoms with Crippen LogP contribution in [0, 0.1) is 0 Å². The van der Waals surface area contributed by atoms with Crippen molar-refractivity contribution in [2.45, 2.75) is 11.3 Å². The summed E-state index contributed by atoms with van der Waals surface area (Å²) >= 11 is 4.64. The largest absolute Gasteiger partial charge is 0.463 e. The van der Waals surface area contributed by atoms with E-state index in [1.54, 1.807) is 48.5 Å². The first-order valence-electron chi connectivity index (χ1n) is 11.0. The summed E-state index contributed by atoms with van der Waals surface area (Å²) in [7, 11) is -3.69. The zero-order valence-electron chi connectivity index (χ0n) is 19.1. The number of thiazole rings is 1. The number of sulfone groups is 1. The molecule has 0 unspecified atom stereocenters. The van der Waals surface area contributed by atoms with E-state index in [0.717, 1.165) is 14.2 Å². The van der Waals surface area contributed by atoms with Gasteiger partial charge in [-0.3, -0.25) is 9.59 Å². The number of carbonyl (C=O) groups is 1. The van der Waals surface area contributed by atoms with E-state index >= 15 is 0 Å². The van der Waals surface area contributed by atoms with Gasteiger partial charge in [-0.05, 0) is 42.5 Å². The van der Waals surface area contributed by atoms with Crippen molar-refractivity contribution < 1.29 is 17.6 Å². The molecule has 0 aliphatic rings. The first-order valence-corrected chi connectivity index (χ1v) is 14.3. The summed E-state index contributed by atoms with van der Waals surface area (Å²) in [5.41, 5.74) is 0.911. The molecular formula is C26H18BrN3O5S2. The zero-order chi connectivity index (χ0) is 26.0. The van der Waals surface area contributed by atoms with Crippen LogP contribution in [0.1, 0.15) is 12.0 Å². The molecule has 0 spiro atoms. The molecule has 5 aromatic rings. The molecule has 0 fully saturated rings. The summed E-state index contributed by atoms with van der Waals surface area (Å²) < 4.78 is 32.7. The van der Waals surface area contributed by atoms with Crippen molar-refractivity contribution in [3.63, 3.8) is 0 Å². The normalized spacial score (nSPS) is 11.9. The molecule has 11 heteroatoms. The van der Waals surface area contributed by atoms with Crippen LogP contribution in [-0.2, 0) is 14.6 Å². The zero-order valence-corrected chi connectivity index (χ0v) is 22.3. The number of fused-ring (bicyclic) bond motifs is 2. The SMILES string of the molecule is O=C(CCS(=O)(=O)c1ccccc1)N(/N=C/c1coc2ccccc2c1=O)c1nc2ccc(Br)cc2s1. The van der Waals surface area contributed by atoms with Crippen LogP contribution >= 0.6 is 27.3 Å². The third-order valence-electron chi connectivity index (χ3n) is 5.46. The highest BCUT2D eigenvalue weighted by molar-refractivity contribution is 9.10. The highest BCUT2D eigenvalue weighted by Crippen LogP contribution is 2.31. The van der Waals surface area contributed by atoms with Gasteiger partial charge in [0.25, 0.3) is 5.91 Å². The monoisotopic (exact) mass is 595 g/mol. The Morgan fingerprint density at radius 2 is 1.84 bits per heavy atom. The molecule has 0 radical (unpaired) electrons. The van der Waals surface area contributed by atoms with Crippen molar-refractivity contribution in [2.24, 2.45) is 5.10 Å². The van der Waals surface area contributed by atoms with E-state index in [2.05, 4.69) is 26.0 Å². The Balaban J connectivity index is 1.49. The van der Waals surface area contributed by atoms with Crippen molar-refractivity contribution in [1.82, 2.24) is 4.98 Å². The summed E-state index contributed by atoms with van der Waals surface area (Å²) in [6.45, 7) is 0. The molecule has 1 amide bonds. The molecule has 0 atom stereocenters. The van der Waals surface area contributed by atoms with Crippen LogP contribution in [0.2, 0.25) is 0 Å². The molecule has 0 bridgehead atoms. The average molecular weight is 596 g/mol. The van der Waals surface area contributed by atoms with Crippen LogP contribution in [0.15, 0.2) is 103 Å². The summed E-state index contributed by atoms with van der Waals surface area (Å²) in [4.78, 5) is 30.8. The number of amides is 1. The fourth-order valence-corrected chi connectivity index (χ4v) is 6.32. The minimum Gasteiger partial charge on any atom is -0.463 e. The van der Waals surface area contributed by atoms with Gasteiger partial charge in [0, 0.05) is 10.9 Å². The van der Waals surface area contributed by atoms with Crippen LogP contribution in [0.25, 0.3) is 21.2 Å². The van der Waals surface area contributed by atoms with Crippen LogP contribution in [-0.4, -0.2) is 31.3 Å². The number of nitrogens with zero attached hydrogens (tertiary/aromatic N) is 3. The first kappa shape index (κ1) is 25.0. The second-order valence-electron chi connectivity index (χ2n) is 7.96. The number of para-hydroxylation sites is 1. The molecular weight excluding hydrogens is 578 g/mol. The number of hydrazone groups is 1. The smallest absolute Gasteiger partial charge is 0.250 e. The van der Waals surface area contributed by atoms with E-state index in [-0.39, 0.29) is 27.4 Å². The maximum Gasteiger partial charge on any atom is 0.250 e. The predicted octanol–water partition coefficient (Wildman–Crippen LogP) is 5.40. The number of rotatable bonds is 7. The number of hydrogen-bond acceptors (Lipinski definition) is 8. The molecule has 2 aromatic heterocycles. The van der Waals surface area contributed by atoms with Crippen molar-refractivity contribution >= 4 is 75.5 Å². The molecule has 37 heavy (non-hydrogen) atoms. The Morgan fingerprint density at radius 1 is 1.08 bits per heavy atom. The predicted molar refractivity (Wildman–Crippen MR) is 148 cm³/mol. The van der Waals surface area contributed by atoms with Crippen LogP contribution in [0.5, 0.6) is 0 Å². The number of benzene rings is 3. The highest BCUT2D eigenvalue weighted by atomic mass is 79.9. The molecule has 0 aliphatic carbocycles. The van der Waals surface area contributed by atoms with Gasteiger partial charge < -0.3 is 4.42 Å². The van der Waals surface area contributed by atoms with Gasteiger partial charge in [0.1, 0.15) is 11.8 Å². The van der Waals surface area contributed by atoms with Gasteiger partial charge in [-0.25, -0.2) is 13.4 Å². The van der Waals surface area contributed by atoms with E-state index < -0.39 is 21.5 Å². The standard InChI is InChI=1S/C26H18BrN3O5S2/c27-18-10-11-21-23(14-18)36-26(29-21)30(24(31)12-13-37(33,34)19-6-2-1-3-7-19)28-15-17-16-35-22-9-5-4-8-20(22)25(17)32/h1-11,14-16H,12-13H2/b28-15+. The summed E-state index contributed by atoms with van der Waals surface area (Å²) in [5.74, 6) is -0.991. The van der Waals surface area contributed by atoms with E-state index in [4.69, 9.17) is 4.42 Å². The lowest BCUT2D eigenvalue weighted by Gasteiger charge is -2.14. The molecule has 0 saturated heterocycles. The molecule has 8 nitrogen and oxygen atoms in total. The molecule has 3 aromatic carbocycles. The molecule has 0 aliphatic heterocycles. The minimum absolute atomic E-state index is 0.136. The Bertz CT molecular complexity index is 1810. The first-order chi connectivity index (χ1) is 17.8. The van der Waals surface area contributed by atoms with Gasteiger partial charge in [0.05, 0.1) is 38.0 Å². The summed E-state index contributed by atoms with van der Waals surface area (Å²) in [5, 5.41) is 5.92. The van der Waals surface area contributed by atoms with E-state index in [9.17, 15) is 18.0 Å². The lowest BCUT2D eigenvalue weighted by molar-refractivity contribution is -0.118. The Morgan fingerprint density at radius 3 is 2.65 bits per heavy atom. The maximum absolute atomic E-state index is 13.3. The topological polar surface area (TPSA) is 110 Å². The van der Waals surface area contributed by atoms with E-state index in [1.165, 1.54) is 35.9 Å². The third kappa shape index (κ3) is 5.38. The van der Waals surface area contributed by atoms with Gasteiger partial charge >= 0.3 is 0 Å². The van der Waals surface area contributed by atoms with Crippen LogP contribution in [0.4, 0.5) is 5.13 Å². The molecule has 2 heterocycles. The number of anilines is 1. The summed E-state index contributed by atoms with van der Waals surface area (Å²) in [6.07, 6.45) is 2.16. The van der Waals surface area contributed by atoms with Crippen molar-refractivity contribution in [2.75, 3.05) is 10.8 Å². The quantitative estimate of drug-likeness (QED) is 0.184. The number of aromatic nitrogens is 1. The van der Waals surface area contributed by atoms with E-state index in [1.807, 2.05) is 12.1 Å². The molecule has 5 rings (SSSR count). The number of hydrogen-bond donors (Lipinski definition) is 0. The van der Waals surface area contributed by atoms with Crippen molar-refractivity contribution in [1.29, 1.82) is 0 Å². The van der Waals surface area contributed by atoms with E-state index in [0.29, 0.717) is 16.5 Å². The average Bonchev–Trinajstić information content (AvgIpc) is 3.32. The van der Waals surface area contributed by atoms with Gasteiger partial charge in [-0.1, -0.05) is 57.6 Å². The second kappa shape index (κ2) is 10.4. The maximum atomic E-state index is 13.3. The lowest BCUT2D eigenvalue weighted by Crippen LogP contribution is -2.28. The molecule has 0 saturated carbocycles. The lowest BCUT2D eigenvalue weighted by atomic mass is 10.2. The van der Waals surface area contributed by atoms with Crippen molar-refractivity contribution in [3.8, 4) is 0 Å². The van der Waals surface area contributed by atoms with Crippen LogP contribution in [0.3, 0.4) is 0 Å². The second-order valence-corrected chi connectivity index (χ2v) is 12.0. The minimum atomic E-state index is -3.69. The number of halogens is 1. The molecule has 0 N–H and O–H groups in total. The van der Waals surface area contributed by atoms with Crippen LogP contribution < -0.4 is 10.4 Å². The van der Waals surface area contributed by atoms with Gasteiger partial charge in [-0.2, -0.15) is 10.1 Å². The Labute approximate surface area is 223 Å². The highest BCUT2D eigenvalue weighted by Gasteiger charge is 2.23. The third-order valence-corrected chi connectivity index (χ3v) is 8.68. The fourth-order valence-electron chi connectivity index (χ4n) is 3.57. The van der Waals surface area contributed by atoms with Gasteiger partial charge in [0.2, 0.25) is 10.6 Å². The Kier molecular flexibility index (Phi) is 7.00. The fraction of sp³-hybridized carbons (Fsp3) is 0.0769. The summed E-state index contributed by atoms with van der Waals surface area (Å²) in [6, 6.07) is 20.2. The number of carbonyl (C=O) groups excluding carboxylic acids is 1. The Hall–Kier alpha value is -3.67. The molecule has 186 valence electrons. The van der Waals surface area contributed by atoms with Gasteiger partial charge in [0.15, 0.2) is 9.84 Å². The van der Waals surface area contributed by atoms with Gasteiger partial charge in [-0.15, -0.1) is 0 Å².